The highest BCUT2D eigenvalue weighted by molar-refractivity contribution is 6.25. The second kappa shape index (κ2) is 16.6. The highest BCUT2D eigenvalue weighted by Crippen LogP contribution is 2.65. The summed E-state index contributed by atoms with van der Waals surface area (Å²) in [5.74, 6) is 1.42. The molecule has 0 aliphatic carbocycles. The number of ether oxygens (including phenoxy) is 3. The number of hydrogen-bond acceptors (Lipinski definition) is 10. The van der Waals surface area contributed by atoms with E-state index in [2.05, 4.69) is 17.2 Å². The lowest BCUT2D eigenvalue weighted by atomic mass is 9.65. The lowest BCUT2D eigenvalue weighted by Gasteiger charge is -2.46. The van der Waals surface area contributed by atoms with Gasteiger partial charge >= 0.3 is 18.0 Å². The van der Waals surface area contributed by atoms with Crippen LogP contribution < -0.4 is 20.7 Å². The zero-order valence-electron chi connectivity index (χ0n) is 34.4. The van der Waals surface area contributed by atoms with Crippen LogP contribution in [0.2, 0.25) is 0 Å². The third-order valence-corrected chi connectivity index (χ3v) is 12.0. The normalized spacial score (nSPS) is 23.1. The minimum atomic E-state index is -2.10. The van der Waals surface area contributed by atoms with Gasteiger partial charge in [0.2, 0.25) is 11.8 Å². The quantitative estimate of drug-likeness (QED) is 0.127. The molecule has 8 rings (SSSR count). The summed E-state index contributed by atoms with van der Waals surface area (Å²) in [6, 6.07) is 31.0. The molecule has 0 aromatic heterocycles. The van der Waals surface area contributed by atoms with Gasteiger partial charge in [0.25, 0.3) is 0 Å². The molecule has 0 radical (unpaired) electrons. The maximum absolute atomic E-state index is 16.0. The van der Waals surface area contributed by atoms with Gasteiger partial charge in [-0.2, -0.15) is 0 Å². The first-order chi connectivity index (χ1) is 29.9. The Kier molecular flexibility index (Phi) is 11.0. The van der Waals surface area contributed by atoms with Crippen LogP contribution in [0.4, 0.5) is 10.5 Å². The fourth-order valence-electron chi connectivity index (χ4n) is 9.31. The van der Waals surface area contributed by atoms with Gasteiger partial charge in [0, 0.05) is 11.1 Å². The number of phenolic OH excluding ortho intramolecular Hbond substituents is 1. The predicted octanol–water partition coefficient (Wildman–Crippen LogP) is 5.86. The summed E-state index contributed by atoms with van der Waals surface area (Å²) in [6.45, 7) is 3.43. The fourth-order valence-corrected chi connectivity index (χ4v) is 9.31. The Bertz CT molecular complexity index is 2610. The minimum Gasteiger partial charge on any atom is -0.508 e. The first kappa shape index (κ1) is 41.3. The van der Waals surface area contributed by atoms with Crippen LogP contribution in [0.1, 0.15) is 65.4 Å². The number of nitrogens with two attached hydrogens (primary N) is 1. The number of carbonyl (C=O) groups excluding carboxylic acids is 5. The summed E-state index contributed by atoms with van der Waals surface area (Å²) in [4.78, 5) is 75.8. The van der Waals surface area contributed by atoms with Crippen molar-refractivity contribution in [2.45, 2.75) is 49.5 Å². The van der Waals surface area contributed by atoms with Crippen LogP contribution in [-0.4, -0.2) is 66.1 Å². The summed E-state index contributed by atoms with van der Waals surface area (Å²) in [5, 5.41) is 13.3. The van der Waals surface area contributed by atoms with E-state index in [-0.39, 0.29) is 17.0 Å². The van der Waals surface area contributed by atoms with Crippen LogP contribution in [0.15, 0.2) is 127 Å². The van der Waals surface area contributed by atoms with Crippen molar-refractivity contribution in [3.05, 3.63) is 161 Å². The summed E-state index contributed by atoms with van der Waals surface area (Å²) in [6.07, 6.45) is -0.936. The third kappa shape index (κ3) is 6.88. The molecule has 13 heteroatoms. The van der Waals surface area contributed by atoms with Crippen molar-refractivity contribution >= 4 is 35.5 Å². The molecule has 2 fully saturated rings. The number of nitrogens with one attached hydrogen (secondary N) is 1. The summed E-state index contributed by atoms with van der Waals surface area (Å²) < 4.78 is 16.7. The van der Waals surface area contributed by atoms with Gasteiger partial charge in [-0.15, -0.1) is 0 Å². The fraction of sp³-hybridized carbons (Fsp3) is 0.245. The molecule has 7 atom stereocenters. The summed E-state index contributed by atoms with van der Waals surface area (Å²) in [5.41, 5.74) is 7.52. The number of esters is 2. The Labute approximate surface area is 358 Å². The molecule has 5 aromatic rings. The van der Waals surface area contributed by atoms with Crippen molar-refractivity contribution in [3.8, 4) is 23.3 Å². The molecule has 4 N–H and O–H groups in total. The number of morpholine rings is 1. The topological polar surface area (TPSA) is 178 Å². The zero-order valence-corrected chi connectivity index (χ0v) is 34.4. The molecule has 13 nitrogen and oxygen atoms in total. The van der Waals surface area contributed by atoms with Crippen LogP contribution in [0.25, 0.3) is 0 Å². The van der Waals surface area contributed by atoms with Crippen LogP contribution in [0, 0.1) is 23.7 Å². The largest absolute Gasteiger partial charge is 0.508 e. The third-order valence-electron chi connectivity index (χ3n) is 12.0. The lowest BCUT2D eigenvalue weighted by molar-refractivity contribution is -0.178. The van der Waals surface area contributed by atoms with E-state index in [1.807, 2.05) is 65.6 Å². The van der Waals surface area contributed by atoms with Gasteiger partial charge in [0.1, 0.15) is 35.1 Å². The molecular formula is C49H44N4O9. The van der Waals surface area contributed by atoms with Gasteiger partial charge in [-0.05, 0) is 82.8 Å². The lowest BCUT2D eigenvalue weighted by Crippen LogP contribution is -2.57. The van der Waals surface area contributed by atoms with E-state index < -0.39 is 77.3 Å². The molecule has 0 bridgehead atoms. The molecule has 2 saturated heterocycles. The highest BCUT2D eigenvalue weighted by atomic mass is 16.6. The van der Waals surface area contributed by atoms with Gasteiger partial charge < -0.3 is 30.4 Å². The molecule has 3 aliphatic heterocycles. The Morgan fingerprint density at radius 2 is 1.40 bits per heavy atom. The molecule has 4 amide bonds. The van der Waals surface area contributed by atoms with Gasteiger partial charge in [0.15, 0.2) is 0 Å². The molecule has 3 heterocycles. The SMILES string of the molecule is COC(=O)[C@@H](NC(=O)N1C(=O)[C@@]2(c3cc(C#Cc4ccc(OC)cc4)ccc31)[C@H](C(N)=O)[C@H]1C(=O)O[C@H](c3ccccc3)[C@H](c3ccccc3)N1[C@@H]2c1ccc(O)cc1)C(C)C. The standard InChI is InChI=1S/C49H44N4O9/c1-28(2)39(45(56)61-4)51-48(59)52-37-26-19-30(16-15-29-17-24-35(60-3)25-18-29)27-36(37)49(47(52)58)38(44(50)55)41-46(57)62-42(32-13-9-6-10-14-32)40(31-11-7-5-8-12-31)53(41)43(49)33-20-22-34(54)23-21-33/h5-14,17-28,38-43,54H,1-4H3,(H2,50,55)(H,51,59)/t38-,39-,40-,41-,42+,43+,49-/m0/s1. The number of methoxy groups -OCH3 is 2. The Morgan fingerprint density at radius 3 is 2.00 bits per heavy atom. The number of rotatable bonds is 8. The van der Waals surface area contributed by atoms with E-state index in [4.69, 9.17) is 19.9 Å². The number of fused-ring (bicyclic) bond motifs is 3. The number of phenols is 1. The minimum absolute atomic E-state index is 0.0681. The van der Waals surface area contributed by atoms with Gasteiger partial charge in [-0.1, -0.05) is 98.5 Å². The molecule has 0 unspecified atom stereocenters. The number of anilines is 1. The molecule has 314 valence electrons. The van der Waals surface area contributed by atoms with Gasteiger partial charge in [-0.25, -0.2) is 14.5 Å². The average Bonchev–Trinajstić information content (AvgIpc) is 3.74. The van der Waals surface area contributed by atoms with E-state index in [0.717, 1.165) is 4.90 Å². The van der Waals surface area contributed by atoms with E-state index in [0.29, 0.717) is 33.6 Å². The van der Waals surface area contributed by atoms with E-state index >= 15 is 4.79 Å². The number of imide groups is 1. The first-order valence-corrected chi connectivity index (χ1v) is 20.1. The number of urea groups is 1. The number of nitrogens with zero attached hydrogens (tertiary/aromatic N) is 2. The number of cyclic esters (lactones) is 1. The predicted molar refractivity (Wildman–Crippen MR) is 227 cm³/mol. The molecule has 3 aliphatic rings. The van der Waals surface area contributed by atoms with Crippen molar-refractivity contribution in [1.29, 1.82) is 0 Å². The number of benzene rings is 5. The van der Waals surface area contributed by atoms with E-state index in [1.165, 1.54) is 19.2 Å². The maximum atomic E-state index is 16.0. The monoisotopic (exact) mass is 832 g/mol. The number of hydrogen-bond donors (Lipinski definition) is 3. The Balaban J connectivity index is 1.42. The smallest absolute Gasteiger partial charge is 0.329 e. The Morgan fingerprint density at radius 1 is 0.790 bits per heavy atom. The summed E-state index contributed by atoms with van der Waals surface area (Å²) >= 11 is 0. The van der Waals surface area contributed by atoms with E-state index in [9.17, 15) is 24.3 Å². The second-order valence-electron chi connectivity index (χ2n) is 15.8. The molecule has 62 heavy (non-hydrogen) atoms. The second-order valence-corrected chi connectivity index (χ2v) is 15.8. The van der Waals surface area contributed by atoms with E-state index in [1.54, 1.807) is 75.6 Å². The average molecular weight is 833 g/mol. The number of aromatic hydroxyl groups is 1. The van der Waals surface area contributed by atoms with Crippen LogP contribution >= 0.6 is 0 Å². The van der Waals surface area contributed by atoms with Crippen molar-refractivity contribution in [1.82, 2.24) is 10.2 Å². The van der Waals surface area contributed by atoms with Crippen molar-refractivity contribution < 1.29 is 43.3 Å². The van der Waals surface area contributed by atoms with Crippen molar-refractivity contribution in [2.75, 3.05) is 19.1 Å². The van der Waals surface area contributed by atoms with Crippen molar-refractivity contribution in [2.24, 2.45) is 17.6 Å². The number of carbonyl (C=O) groups is 5. The maximum Gasteiger partial charge on any atom is 0.329 e. The number of primary amides is 1. The molecular weight excluding hydrogens is 789 g/mol. The zero-order chi connectivity index (χ0) is 43.9. The van der Waals surface area contributed by atoms with Gasteiger partial charge in [-0.3, -0.25) is 19.3 Å². The van der Waals surface area contributed by atoms with Crippen LogP contribution in [0.5, 0.6) is 11.5 Å². The first-order valence-electron chi connectivity index (χ1n) is 20.1. The summed E-state index contributed by atoms with van der Waals surface area (Å²) in [7, 11) is 2.76. The molecule has 5 aromatic carbocycles. The van der Waals surface area contributed by atoms with Gasteiger partial charge in [0.05, 0.1) is 37.9 Å². The Hall–Kier alpha value is -7.43. The molecule has 0 saturated carbocycles. The van der Waals surface area contributed by atoms with Crippen molar-refractivity contribution in [3.63, 3.8) is 0 Å². The van der Waals surface area contributed by atoms with Crippen LogP contribution in [0.3, 0.4) is 0 Å². The molecule has 1 spiro atoms. The van der Waals surface area contributed by atoms with Crippen LogP contribution in [-0.2, 0) is 34.1 Å². The number of amides is 4. The highest BCUT2D eigenvalue weighted by Gasteiger charge is 2.75.